The molecule has 1 aliphatic heterocycles. The first-order chi connectivity index (χ1) is 17.3. The Morgan fingerprint density at radius 2 is 1.64 bits per heavy atom. The van der Waals surface area contributed by atoms with Gasteiger partial charge in [0, 0.05) is 48.6 Å². The number of nitrogens with two attached hydrogens (primary N) is 1. The van der Waals surface area contributed by atoms with E-state index in [0.717, 1.165) is 11.1 Å². The highest BCUT2D eigenvalue weighted by atomic mass is 79.9. The lowest BCUT2D eigenvalue weighted by Crippen LogP contribution is -2.53. The van der Waals surface area contributed by atoms with Crippen LogP contribution in [0.15, 0.2) is 65.4 Å². The van der Waals surface area contributed by atoms with Gasteiger partial charge in [-0.3, -0.25) is 19.4 Å². The first kappa shape index (κ1) is 26.1. The molecular weight excluding hydrogens is 569 g/mol. The van der Waals surface area contributed by atoms with Gasteiger partial charge in [-0.25, -0.2) is 0 Å². The van der Waals surface area contributed by atoms with E-state index in [0.29, 0.717) is 21.6 Å². The van der Waals surface area contributed by atoms with Gasteiger partial charge in [0.1, 0.15) is 0 Å². The van der Waals surface area contributed by atoms with Crippen molar-refractivity contribution in [3.05, 3.63) is 97.7 Å². The quantitative estimate of drug-likeness (QED) is 0.453. The fourth-order valence-electron chi connectivity index (χ4n) is 3.97. The van der Waals surface area contributed by atoms with Crippen molar-refractivity contribution < 1.29 is 14.4 Å². The summed E-state index contributed by atoms with van der Waals surface area (Å²) in [6, 6.07) is 13.6. The van der Waals surface area contributed by atoms with Crippen molar-refractivity contribution in [1.82, 2.24) is 20.1 Å². The molecule has 0 aliphatic carbocycles. The second-order valence-electron chi connectivity index (χ2n) is 8.13. The molecule has 1 aliphatic rings. The summed E-state index contributed by atoms with van der Waals surface area (Å²) in [5, 5.41) is 3.38. The Kier molecular flexibility index (Phi) is 8.25. The minimum absolute atomic E-state index is 0.160. The number of carbonyl (C=O) groups is 3. The van der Waals surface area contributed by atoms with Crippen molar-refractivity contribution in [3.63, 3.8) is 0 Å². The Bertz CT molecular complexity index is 1320. The van der Waals surface area contributed by atoms with E-state index in [2.05, 4.69) is 26.2 Å². The molecule has 1 saturated heterocycles. The number of halogens is 3. The van der Waals surface area contributed by atoms with Crippen LogP contribution in [-0.2, 0) is 17.9 Å². The normalized spacial score (nSPS) is 15.2. The van der Waals surface area contributed by atoms with Crippen molar-refractivity contribution >= 4 is 56.9 Å². The molecule has 4 rings (SSSR count). The minimum Gasteiger partial charge on any atom is -0.349 e. The Balaban J connectivity index is 1.62. The van der Waals surface area contributed by atoms with Crippen LogP contribution in [0.2, 0.25) is 10.0 Å². The molecule has 3 amide bonds. The Morgan fingerprint density at radius 3 is 2.31 bits per heavy atom. The molecule has 1 fully saturated rings. The third-order valence-electron chi connectivity index (χ3n) is 5.74. The van der Waals surface area contributed by atoms with Crippen molar-refractivity contribution in [2.75, 3.05) is 13.1 Å². The number of benzene rings is 2. The van der Waals surface area contributed by atoms with Crippen LogP contribution >= 0.6 is 39.1 Å². The third-order valence-corrected chi connectivity index (χ3v) is 6.91. The molecule has 8 nitrogen and oxygen atoms in total. The summed E-state index contributed by atoms with van der Waals surface area (Å²) < 4.78 is 0.622. The molecule has 0 saturated carbocycles. The van der Waals surface area contributed by atoms with Gasteiger partial charge >= 0.3 is 0 Å². The molecule has 186 valence electrons. The number of hydrogen-bond acceptors (Lipinski definition) is 5. The van der Waals surface area contributed by atoms with Crippen LogP contribution in [0.4, 0.5) is 0 Å². The molecule has 1 unspecified atom stereocenters. The maximum Gasteiger partial charge on any atom is 0.264 e. The maximum atomic E-state index is 13.5. The summed E-state index contributed by atoms with van der Waals surface area (Å²) in [6.07, 6.45) is 1.81. The van der Waals surface area contributed by atoms with Gasteiger partial charge in [0.05, 0.1) is 15.6 Å². The fourth-order valence-corrected chi connectivity index (χ4v) is 4.64. The zero-order valence-electron chi connectivity index (χ0n) is 19.0. The van der Waals surface area contributed by atoms with Gasteiger partial charge in [-0.15, -0.1) is 0 Å². The first-order valence-electron chi connectivity index (χ1n) is 11.0. The van der Waals surface area contributed by atoms with Gasteiger partial charge in [-0.2, -0.15) is 0 Å². The molecule has 1 atom stereocenters. The number of aromatic nitrogens is 1. The molecule has 3 N–H and O–H groups in total. The standard InChI is InChI=1S/C25H22BrCl2N5O3/c26-19-9-18(13-30-14-19)25(36)33-7-6-32(24(35)17-4-5-20(27)21(28)10-17)23(33)22(34)31-12-16-3-1-2-15(8-16)11-29/h1-5,8-10,13-14,23H,6-7,11-12,29H2,(H,31,34). The summed E-state index contributed by atoms with van der Waals surface area (Å²) in [7, 11) is 0. The predicted octanol–water partition coefficient (Wildman–Crippen LogP) is 3.85. The van der Waals surface area contributed by atoms with E-state index in [1.807, 2.05) is 24.3 Å². The SMILES string of the molecule is NCc1cccc(CNC(=O)C2N(C(=O)c3cncc(Br)c3)CCN2C(=O)c2ccc(Cl)c(Cl)c2)c1. The van der Waals surface area contributed by atoms with Crippen LogP contribution < -0.4 is 11.1 Å². The lowest BCUT2D eigenvalue weighted by atomic mass is 10.1. The van der Waals surface area contributed by atoms with Crippen LogP contribution in [0, 0.1) is 0 Å². The Labute approximate surface area is 226 Å². The van der Waals surface area contributed by atoms with Gasteiger partial charge in [0.25, 0.3) is 17.7 Å². The van der Waals surface area contributed by atoms with Gasteiger partial charge in [-0.05, 0) is 51.3 Å². The van der Waals surface area contributed by atoms with Crippen LogP contribution in [0.3, 0.4) is 0 Å². The maximum absolute atomic E-state index is 13.5. The van der Waals surface area contributed by atoms with Gasteiger partial charge in [0.15, 0.2) is 6.17 Å². The largest absolute Gasteiger partial charge is 0.349 e. The molecule has 11 heteroatoms. The average molecular weight is 591 g/mol. The van der Waals surface area contributed by atoms with Crippen LogP contribution in [-0.4, -0.2) is 51.8 Å². The highest BCUT2D eigenvalue weighted by Gasteiger charge is 2.43. The second kappa shape index (κ2) is 11.4. The Morgan fingerprint density at radius 1 is 0.944 bits per heavy atom. The second-order valence-corrected chi connectivity index (χ2v) is 9.86. The monoisotopic (exact) mass is 589 g/mol. The number of pyridine rings is 1. The van der Waals surface area contributed by atoms with Crippen molar-refractivity contribution in [1.29, 1.82) is 0 Å². The number of amides is 3. The predicted molar refractivity (Wildman–Crippen MR) is 140 cm³/mol. The topological polar surface area (TPSA) is 109 Å². The van der Waals surface area contributed by atoms with E-state index in [-0.39, 0.29) is 30.2 Å². The van der Waals surface area contributed by atoms with E-state index >= 15 is 0 Å². The van der Waals surface area contributed by atoms with Crippen molar-refractivity contribution in [2.24, 2.45) is 5.73 Å². The number of hydrogen-bond donors (Lipinski definition) is 2. The number of carbonyl (C=O) groups excluding carboxylic acids is 3. The molecule has 0 radical (unpaired) electrons. The van der Waals surface area contributed by atoms with Crippen molar-refractivity contribution in [2.45, 2.75) is 19.3 Å². The molecule has 1 aromatic heterocycles. The molecule has 3 aromatic rings. The fraction of sp³-hybridized carbons (Fsp3) is 0.200. The lowest BCUT2D eigenvalue weighted by Gasteiger charge is -2.29. The van der Waals surface area contributed by atoms with E-state index in [1.165, 1.54) is 34.2 Å². The highest BCUT2D eigenvalue weighted by molar-refractivity contribution is 9.10. The van der Waals surface area contributed by atoms with Crippen LogP contribution in [0.5, 0.6) is 0 Å². The zero-order chi connectivity index (χ0) is 25.8. The van der Waals surface area contributed by atoms with Gasteiger partial charge in [-0.1, -0.05) is 47.5 Å². The smallest absolute Gasteiger partial charge is 0.264 e. The third kappa shape index (κ3) is 5.70. The number of nitrogens with zero attached hydrogens (tertiary/aromatic N) is 3. The van der Waals surface area contributed by atoms with E-state index in [1.54, 1.807) is 12.3 Å². The summed E-state index contributed by atoms with van der Waals surface area (Å²) >= 11 is 15.4. The number of rotatable bonds is 6. The molecule has 0 spiro atoms. The van der Waals surface area contributed by atoms with Crippen LogP contribution in [0.25, 0.3) is 0 Å². The molecule has 2 aromatic carbocycles. The zero-order valence-corrected chi connectivity index (χ0v) is 22.1. The van der Waals surface area contributed by atoms with Gasteiger partial charge in [0.2, 0.25) is 0 Å². The summed E-state index contributed by atoms with van der Waals surface area (Å²) in [5.41, 5.74) is 8.05. The first-order valence-corrected chi connectivity index (χ1v) is 12.6. The Hall–Kier alpha value is -2.98. The summed E-state index contributed by atoms with van der Waals surface area (Å²) in [5.74, 6) is -1.35. The van der Waals surface area contributed by atoms with E-state index in [4.69, 9.17) is 28.9 Å². The van der Waals surface area contributed by atoms with Crippen LogP contribution in [0.1, 0.15) is 31.8 Å². The van der Waals surface area contributed by atoms with E-state index < -0.39 is 23.9 Å². The summed E-state index contributed by atoms with van der Waals surface area (Å²) in [6.45, 7) is 0.907. The average Bonchev–Trinajstić information content (AvgIpc) is 3.33. The van der Waals surface area contributed by atoms with Gasteiger partial charge < -0.3 is 20.9 Å². The summed E-state index contributed by atoms with van der Waals surface area (Å²) in [4.78, 5) is 47.0. The lowest BCUT2D eigenvalue weighted by molar-refractivity contribution is -0.128. The van der Waals surface area contributed by atoms with Crippen molar-refractivity contribution in [3.8, 4) is 0 Å². The molecule has 36 heavy (non-hydrogen) atoms. The molecular formula is C25H22BrCl2N5O3. The minimum atomic E-state index is -1.17. The number of nitrogens with one attached hydrogen (secondary N) is 1. The molecule has 2 heterocycles. The highest BCUT2D eigenvalue weighted by Crippen LogP contribution is 2.26. The molecule has 0 bridgehead atoms. The van der Waals surface area contributed by atoms with E-state index in [9.17, 15) is 14.4 Å².